The predicted molar refractivity (Wildman–Crippen MR) is 132 cm³/mol. The van der Waals surface area contributed by atoms with E-state index in [1.165, 1.54) is 37.7 Å². The molecule has 1 aromatic heterocycles. The number of ether oxygens (including phenoxy) is 1. The molecule has 1 aliphatic rings. The van der Waals surface area contributed by atoms with Gasteiger partial charge in [-0.1, -0.05) is 44.9 Å². The quantitative estimate of drug-likeness (QED) is 0.460. The Hall–Kier alpha value is -3.08. The predicted octanol–water partition coefficient (Wildman–Crippen LogP) is 5.96. The van der Waals surface area contributed by atoms with Crippen LogP contribution in [-0.4, -0.2) is 18.0 Å². The van der Waals surface area contributed by atoms with Crippen LogP contribution in [0.1, 0.15) is 68.6 Å². The van der Waals surface area contributed by atoms with Gasteiger partial charge in [-0.05, 0) is 72.2 Å². The van der Waals surface area contributed by atoms with Crippen LogP contribution in [0.5, 0.6) is 5.75 Å². The van der Waals surface area contributed by atoms with Gasteiger partial charge < -0.3 is 15.8 Å². The van der Waals surface area contributed by atoms with Gasteiger partial charge in [0.1, 0.15) is 11.6 Å². The van der Waals surface area contributed by atoms with E-state index in [0.717, 1.165) is 33.6 Å². The van der Waals surface area contributed by atoms with Gasteiger partial charge in [-0.15, -0.1) is 0 Å². The van der Waals surface area contributed by atoms with E-state index in [-0.39, 0.29) is 13.3 Å². The number of carbonyl (C=O) groups excluding carboxylic acids is 1. The number of fused-ring (bicyclic) bond motifs is 1. The molecular formula is C27H35N3O2. The smallest absolute Gasteiger partial charge is 0.217 e. The van der Waals surface area contributed by atoms with Crippen molar-refractivity contribution in [2.24, 2.45) is 5.73 Å². The Bertz CT molecular complexity index is 1040. The molecule has 170 valence electrons. The van der Waals surface area contributed by atoms with Crippen molar-refractivity contribution in [1.82, 2.24) is 4.98 Å². The van der Waals surface area contributed by atoms with E-state index < -0.39 is 0 Å². The van der Waals surface area contributed by atoms with Crippen LogP contribution < -0.4 is 15.8 Å². The molecule has 5 heteroatoms. The summed E-state index contributed by atoms with van der Waals surface area (Å²) in [5.74, 6) is 2.01. The molecule has 1 heterocycles. The Kier molecular flexibility index (Phi) is 8.09. The molecule has 0 radical (unpaired) electrons. The fraction of sp³-hybridized carbons (Fsp3) is 0.407. The molecule has 4 rings (SSSR count). The minimum Gasteiger partial charge on any atom is -0.497 e. The van der Waals surface area contributed by atoms with Gasteiger partial charge in [0.25, 0.3) is 0 Å². The van der Waals surface area contributed by atoms with E-state index in [1.54, 1.807) is 7.11 Å². The van der Waals surface area contributed by atoms with Crippen molar-refractivity contribution in [3.8, 4) is 5.75 Å². The summed E-state index contributed by atoms with van der Waals surface area (Å²) in [7, 11) is 1.66. The Labute approximate surface area is 191 Å². The number of aromatic nitrogens is 1. The fourth-order valence-corrected chi connectivity index (χ4v) is 4.46. The third kappa shape index (κ3) is 5.78. The average molecular weight is 434 g/mol. The summed E-state index contributed by atoms with van der Waals surface area (Å²) in [5.41, 5.74) is 9.97. The van der Waals surface area contributed by atoms with Crippen molar-refractivity contribution in [1.29, 1.82) is 0 Å². The molecule has 1 aliphatic carbocycles. The number of anilines is 1. The van der Waals surface area contributed by atoms with Gasteiger partial charge in [0.2, 0.25) is 5.91 Å². The third-order valence-electron chi connectivity index (χ3n) is 6.25. The Balaban J connectivity index is 0.00000289. The lowest BCUT2D eigenvalue weighted by molar-refractivity contribution is -0.117. The second-order valence-corrected chi connectivity index (χ2v) is 8.45. The lowest BCUT2D eigenvalue weighted by Gasteiger charge is -2.22. The molecular weight excluding hydrogens is 398 g/mol. The fourth-order valence-electron chi connectivity index (χ4n) is 4.46. The standard InChI is InChI=1S/C26H31N3O2.CH4/c1-31-23-11-7-18(8-12-23)17-28-26-21(10-14-25(27)30)16-22-15-20(9-13-24(22)29-26)19-5-3-2-4-6-19;/h7-9,11-13,15-16,19H,2-6,10,14,17H2,1H3,(H2,27,30)(H,28,29);1H4. The lowest BCUT2D eigenvalue weighted by atomic mass is 9.83. The number of amides is 1. The van der Waals surface area contributed by atoms with Crippen LogP contribution in [0.15, 0.2) is 48.5 Å². The van der Waals surface area contributed by atoms with Gasteiger partial charge in [0, 0.05) is 18.4 Å². The van der Waals surface area contributed by atoms with E-state index in [2.05, 4.69) is 29.6 Å². The van der Waals surface area contributed by atoms with Crippen molar-refractivity contribution in [3.05, 3.63) is 65.2 Å². The number of pyridine rings is 1. The number of nitrogens with zero attached hydrogens (tertiary/aromatic N) is 1. The number of hydrogen-bond donors (Lipinski definition) is 2. The first-order valence-corrected chi connectivity index (χ1v) is 11.2. The first-order valence-electron chi connectivity index (χ1n) is 11.2. The first-order chi connectivity index (χ1) is 15.1. The zero-order chi connectivity index (χ0) is 21.6. The number of aryl methyl sites for hydroxylation is 1. The summed E-state index contributed by atoms with van der Waals surface area (Å²) < 4.78 is 5.23. The van der Waals surface area contributed by atoms with Gasteiger partial charge >= 0.3 is 0 Å². The van der Waals surface area contributed by atoms with Gasteiger partial charge in [-0.3, -0.25) is 4.79 Å². The highest BCUT2D eigenvalue weighted by molar-refractivity contribution is 5.83. The van der Waals surface area contributed by atoms with E-state index in [1.807, 2.05) is 24.3 Å². The number of rotatable bonds is 8. The number of methoxy groups -OCH3 is 1. The Morgan fingerprint density at radius 3 is 2.53 bits per heavy atom. The van der Waals surface area contributed by atoms with Gasteiger partial charge in [0.05, 0.1) is 12.6 Å². The first kappa shape index (κ1) is 23.6. The normalized spacial score (nSPS) is 14.0. The van der Waals surface area contributed by atoms with Gasteiger partial charge in [-0.25, -0.2) is 4.98 Å². The maximum absolute atomic E-state index is 11.4. The summed E-state index contributed by atoms with van der Waals surface area (Å²) >= 11 is 0. The maximum Gasteiger partial charge on any atom is 0.217 e. The highest BCUT2D eigenvalue weighted by Gasteiger charge is 2.16. The van der Waals surface area contributed by atoms with Crippen molar-refractivity contribution in [2.75, 3.05) is 12.4 Å². The van der Waals surface area contributed by atoms with Crippen LogP contribution in [0.3, 0.4) is 0 Å². The van der Waals surface area contributed by atoms with E-state index >= 15 is 0 Å². The summed E-state index contributed by atoms with van der Waals surface area (Å²) in [5, 5.41) is 4.59. The second kappa shape index (κ2) is 11.0. The van der Waals surface area contributed by atoms with Crippen LogP contribution in [0, 0.1) is 0 Å². The zero-order valence-electron chi connectivity index (χ0n) is 18.2. The number of carbonyl (C=O) groups is 1. The maximum atomic E-state index is 11.4. The van der Waals surface area contributed by atoms with Crippen LogP contribution in [0.2, 0.25) is 0 Å². The van der Waals surface area contributed by atoms with Crippen molar-refractivity contribution < 1.29 is 9.53 Å². The molecule has 0 saturated heterocycles. The van der Waals surface area contributed by atoms with Crippen LogP contribution in [-0.2, 0) is 17.8 Å². The summed E-state index contributed by atoms with van der Waals surface area (Å²) in [6.07, 6.45) is 7.43. The number of benzene rings is 2. The van der Waals surface area contributed by atoms with Gasteiger partial charge in [0.15, 0.2) is 0 Å². The van der Waals surface area contributed by atoms with Gasteiger partial charge in [-0.2, -0.15) is 0 Å². The minimum absolute atomic E-state index is 0. The number of nitrogens with one attached hydrogen (secondary N) is 1. The number of hydrogen-bond acceptors (Lipinski definition) is 4. The number of nitrogens with two attached hydrogens (primary N) is 1. The summed E-state index contributed by atoms with van der Waals surface area (Å²) in [6.45, 7) is 0.645. The molecule has 1 saturated carbocycles. The molecule has 1 amide bonds. The highest BCUT2D eigenvalue weighted by atomic mass is 16.5. The lowest BCUT2D eigenvalue weighted by Crippen LogP contribution is -2.13. The SMILES string of the molecule is C.COc1ccc(CNc2nc3ccc(C4CCCCC4)cc3cc2CCC(N)=O)cc1. The van der Waals surface area contributed by atoms with Crippen LogP contribution in [0.4, 0.5) is 5.82 Å². The monoisotopic (exact) mass is 433 g/mol. The summed E-state index contributed by atoms with van der Waals surface area (Å²) in [4.78, 5) is 16.3. The molecule has 0 spiro atoms. The Morgan fingerprint density at radius 1 is 1.09 bits per heavy atom. The molecule has 0 aliphatic heterocycles. The van der Waals surface area contributed by atoms with E-state index in [4.69, 9.17) is 15.5 Å². The van der Waals surface area contributed by atoms with Crippen LogP contribution in [0.25, 0.3) is 10.9 Å². The Morgan fingerprint density at radius 2 is 1.84 bits per heavy atom. The molecule has 2 aromatic carbocycles. The molecule has 3 N–H and O–H groups in total. The molecule has 0 unspecified atom stereocenters. The minimum atomic E-state index is -0.294. The van der Waals surface area contributed by atoms with E-state index in [0.29, 0.717) is 25.3 Å². The molecule has 3 aromatic rings. The summed E-state index contributed by atoms with van der Waals surface area (Å²) in [6, 6.07) is 16.8. The molecule has 0 bridgehead atoms. The molecule has 5 nitrogen and oxygen atoms in total. The largest absolute Gasteiger partial charge is 0.497 e. The van der Waals surface area contributed by atoms with E-state index in [9.17, 15) is 4.79 Å². The topological polar surface area (TPSA) is 77.2 Å². The van der Waals surface area contributed by atoms with Crippen LogP contribution >= 0.6 is 0 Å². The number of primary amides is 1. The third-order valence-corrected chi connectivity index (χ3v) is 6.25. The van der Waals surface area contributed by atoms with Crippen molar-refractivity contribution in [3.63, 3.8) is 0 Å². The molecule has 32 heavy (non-hydrogen) atoms. The second-order valence-electron chi connectivity index (χ2n) is 8.45. The zero-order valence-corrected chi connectivity index (χ0v) is 18.2. The molecule has 0 atom stereocenters. The molecule has 1 fully saturated rings. The van der Waals surface area contributed by atoms with Crippen molar-refractivity contribution in [2.45, 2.75) is 64.8 Å². The average Bonchev–Trinajstić information content (AvgIpc) is 2.81. The van der Waals surface area contributed by atoms with Crippen molar-refractivity contribution >= 4 is 22.6 Å². The highest BCUT2D eigenvalue weighted by Crippen LogP contribution is 2.34.